The second-order valence-corrected chi connectivity index (χ2v) is 7.17. The number of carbonyl (C=O) groups is 1. The molecule has 1 aromatic carbocycles. The van der Waals surface area contributed by atoms with E-state index in [0.29, 0.717) is 15.2 Å². The van der Waals surface area contributed by atoms with Crippen molar-refractivity contribution in [2.24, 2.45) is 0 Å². The van der Waals surface area contributed by atoms with E-state index in [0.717, 1.165) is 16.8 Å². The van der Waals surface area contributed by atoms with E-state index in [2.05, 4.69) is 11.9 Å². The second-order valence-electron chi connectivity index (χ2n) is 4.51. The second kappa shape index (κ2) is 7.13. The molecule has 1 unspecified atom stereocenters. The van der Waals surface area contributed by atoms with E-state index in [-0.39, 0.29) is 11.8 Å². The number of carboxylic acids is 1. The van der Waals surface area contributed by atoms with Crippen molar-refractivity contribution in [3.05, 3.63) is 22.2 Å². The third kappa shape index (κ3) is 3.80. The Labute approximate surface area is 141 Å². The van der Waals surface area contributed by atoms with Gasteiger partial charge in [0, 0.05) is 11.8 Å². The van der Waals surface area contributed by atoms with E-state index in [9.17, 15) is 4.79 Å². The number of carboxylic acid groups (broad SMARTS) is 1. The highest BCUT2D eigenvalue weighted by molar-refractivity contribution is 7.99. The maximum atomic E-state index is 10.8. The minimum absolute atomic E-state index is 0.0310. The van der Waals surface area contributed by atoms with Gasteiger partial charge in [-0.25, -0.2) is 4.98 Å². The van der Waals surface area contributed by atoms with Crippen LogP contribution in [0.1, 0.15) is 13.0 Å². The quantitative estimate of drug-likeness (QED) is 0.767. The molecule has 0 aliphatic heterocycles. The zero-order chi connectivity index (χ0) is 15.6. The summed E-state index contributed by atoms with van der Waals surface area (Å²) in [6.45, 7) is 2.07. The number of imidazole rings is 1. The largest absolute Gasteiger partial charge is 0.481 e. The molecule has 0 fully saturated rings. The van der Waals surface area contributed by atoms with Crippen LogP contribution in [0.3, 0.4) is 0 Å². The molecule has 0 saturated heterocycles. The predicted molar refractivity (Wildman–Crippen MR) is 91.2 cm³/mol. The van der Waals surface area contributed by atoms with Crippen molar-refractivity contribution >= 4 is 63.7 Å². The normalized spacial score (nSPS) is 12.8. The smallest absolute Gasteiger partial charge is 0.313 e. The van der Waals surface area contributed by atoms with E-state index in [4.69, 9.17) is 28.3 Å². The first-order valence-electron chi connectivity index (χ1n) is 6.14. The van der Waals surface area contributed by atoms with Crippen LogP contribution in [-0.4, -0.2) is 38.4 Å². The summed E-state index contributed by atoms with van der Waals surface area (Å²) in [5.74, 6) is -0.00414. The van der Waals surface area contributed by atoms with Gasteiger partial charge in [-0.3, -0.25) is 4.79 Å². The van der Waals surface area contributed by atoms with Gasteiger partial charge in [-0.1, -0.05) is 35.0 Å². The van der Waals surface area contributed by atoms with Gasteiger partial charge in [0.2, 0.25) is 0 Å². The highest BCUT2D eigenvalue weighted by atomic mass is 35.5. The SMILES string of the molecule is CSCC(C)n1c(SCC(=O)O)nc2cc(Cl)c(Cl)cc21. The van der Waals surface area contributed by atoms with Crippen molar-refractivity contribution in [1.29, 1.82) is 0 Å². The van der Waals surface area contributed by atoms with Crippen LogP contribution < -0.4 is 0 Å². The average Bonchev–Trinajstić information content (AvgIpc) is 2.75. The molecule has 1 N–H and O–H groups in total. The van der Waals surface area contributed by atoms with E-state index in [1.807, 2.05) is 10.8 Å². The molecule has 8 heteroatoms. The molecular weight excluding hydrogens is 351 g/mol. The van der Waals surface area contributed by atoms with Crippen LogP contribution >= 0.6 is 46.7 Å². The van der Waals surface area contributed by atoms with Gasteiger partial charge in [-0.2, -0.15) is 11.8 Å². The standard InChI is InChI=1S/C13H14Cl2N2O2S2/c1-7(5-20-2)17-11-4-9(15)8(14)3-10(11)16-13(17)21-6-12(18)19/h3-4,7H,5-6H2,1-2H3,(H,18,19). The first-order valence-corrected chi connectivity index (χ1v) is 9.28. The third-order valence-corrected chi connectivity index (χ3v) is 5.35. The number of hydrogen-bond acceptors (Lipinski definition) is 4. The molecule has 0 radical (unpaired) electrons. The molecule has 2 rings (SSSR count). The van der Waals surface area contributed by atoms with Gasteiger partial charge >= 0.3 is 5.97 Å². The third-order valence-electron chi connectivity index (χ3n) is 2.87. The van der Waals surface area contributed by atoms with Gasteiger partial charge in [-0.05, 0) is 25.3 Å². The van der Waals surface area contributed by atoms with E-state index >= 15 is 0 Å². The number of rotatable bonds is 6. The Morgan fingerprint density at radius 2 is 2.10 bits per heavy atom. The molecule has 1 heterocycles. The minimum Gasteiger partial charge on any atom is -0.481 e. The Balaban J connectivity index is 2.54. The van der Waals surface area contributed by atoms with Crippen LogP contribution in [0.4, 0.5) is 0 Å². The van der Waals surface area contributed by atoms with Crippen molar-refractivity contribution in [2.75, 3.05) is 17.8 Å². The monoisotopic (exact) mass is 364 g/mol. The molecule has 0 aliphatic carbocycles. The number of hydrogen-bond donors (Lipinski definition) is 1. The summed E-state index contributed by atoms with van der Waals surface area (Å²) in [5, 5.41) is 10.5. The number of aromatic nitrogens is 2. The topological polar surface area (TPSA) is 55.1 Å². The van der Waals surface area contributed by atoms with Gasteiger partial charge < -0.3 is 9.67 Å². The molecule has 0 bridgehead atoms. The molecule has 21 heavy (non-hydrogen) atoms. The lowest BCUT2D eigenvalue weighted by atomic mass is 10.3. The summed E-state index contributed by atoms with van der Waals surface area (Å²) in [6.07, 6.45) is 2.03. The van der Waals surface area contributed by atoms with Crippen LogP contribution in [0, 0.1) is 0 Å². The fourth-order valence-electron chi connectivity index (χ4n) is 2.04. The van der Waals surface area contributed by atoms with Gasteiger partial charge in [0.25, 0.3) is 0 Å². The number of aliphatic carboxylic acids is 1. The van der Waals surface area contributed by atoms with Crippen LogP contribution in [0.15, 0.2) is 17.3 Å². The molecule has 2 aromatic rings. The Morgan fingerprint density at radius 3 is 2.71 bits per heavy atom. The molecule has 4 nitrogen and oxygen atoms in total. The van der Waals surface area contributed by atoms with E-state index in [1.165, 1.54) is 11.8 Å². The Bertz CT molecular complexity index is 676. The molecule has 0 amide bonds. The van der Waals surface area contributed by atoms with Crippen LogP contribution in [-0.2, 0) is 4.79 Å². The van der Waals surface area contributed by atoms with E-state index < -0.39 is 5.97 Å². The van der Waals surface area contributed by atoms with Crippen molar-refractivity contribution in [3.63, 3.8) is 0 Å². The summed E-state index contributed by atoms with van der Waals surface area (Å²) in [7, 11) is 0. The molecule has 114 valence electrons. The van der Waals surface area contributed by atoms with Crippen LogP contribution in [0.25, 0.3) is 11.0 Å². The average molecular weight is 365 g/mol. The van der Waals surface area contributed by atoms with Gasteiger partial charge in [0.15, 0.2) is 5.16 Å². The Kier molecular flexibility index (Phi) is 5.71. The lowest BCUT2D eigenvalue weighted by Gasteiger charge is -2.16. The maximum absolute atomic E-state index is 10.8. The van der Waals surface area contributed by atoms with Crippen molar-refractivity contribution in [1.82, 2.24) is 9.55 Å². The zero-order valence-corrected chi connectivity index (χ0v) is 14.6. The number of nitrogens with zero attached hydrogens (tertiary/aromatic N) is 2. The van der Waals surface area contributed by atoms with Crippen LogP contribution in [0.5, 0.6) is 0 Å². The Morgan fingerprint density at radius 1 is 1.43 bits per heavy atom. The number of halogens is 2. The molecular formula is C13H14Cl2N2O2S2. The fraction of sp³-hybridized carbons (Fsp3) is 0.385. The molecule has 0 aliphatic rings. The van der Waals surface area contributed by atoms with Gasteiger partial charge in [0.1, 0.15) is 0 Å². The molecule has 1 aromatic heterocycles. The number of thioether (sulfide) groups is 2. The molecule has 1 atom stereocenters. The Hall–Kier alpha value is -0.560. The lowest BCUT2D eigenvalue weighted by molar-refractivity contribution is -0.133. The zero-order valence-electron chi connectivity index (χ0n) is 11.5. The lowest BCUT2D eigenvalue weighted by Crippen LogP contribution is -2.10. The molecule has 0 spiro atoms. The highest BCUT2D eigenvalue weighted by Gasteiger charge is 2.18. The van der Waals surface area contributed by atoms with Crippen molar-refractivity contribution in [3.8, 4) is 0 Å². The van der Waals surface area contributed by atoms with Gasteiger partial charge in [-0.15, -0.1) is 0 Å². The van der Waals surface area contributed by atoms with E-state index in [1.54, 1.807) is 23.9 Å². The molecule has 0 saturated carbocycles. The summed E-state index contributed by atoms with van der Waals surface area (Å²) in [5.41, 5.74) is 1.60. The number of fused-ring (bicyclic) bond motifs is 1. The first kappa shape index (κ1) is 16.8. The van der Waals surface area contributed by atoms with Crippen molar-refractivity contribution < 1.29 is 9.90 Å². The highest BCUT2D eigenvalue weighted by Crippen LogP contribution is 2.33. The summed E-state index contributed by atoms with van der Waals surface area (Å²) < 4.78 is 2.03. The van der Waals surface area contributed by atoms with Gasteiger partial charge in [0.05, 0.1) is 26.8 Å². The number of benzene rings is 1. The van der Waals surface area contributed by atoms with Crippen molar-refractivity contribution in [2.45, 2.75) is 18.1 Å². The maximum Gasteiger partial charge on any atom is 0.313 e. The summed E-state index contributed by atoms with van der Waals surface area (Å²) >= 11 is 15.1. The summed E-state index contributed by atoms with van der Waals surface area (Å²) in [4.78, 5) is 15.3. The summed E-state index contributed by atoms with van der Waals surface area (Å²) in [6, 6.07) is 3.68. The first-order chi connectivity index (χ1) is 9.93. The fourth-order valence-corrected chi connectivity index (χ4v) is 3.82. The minimum atomic E-state index is -0.868. The predicted octanol–water partition coefficient (Wildman–Crippen LogP) is 4.44. The van der Waals surface area contributed by atoms with Crippen LogP contribution in [0.2, 0.25) is 10.0 Å².